The fraction of sp³-hybridized carbons (Fsp3) is 0.136. The number of aromatic nitrogens is 3. The molecule has 2 aromatic carbocycles. The van der Waals surface area contributed by atoms with Gasteiger partial charge in [0.2, 0.25) is 21.7 Å². The predicted molar refractivity (Wildman–Crippen MR) is 114 cm³/mol. The van der Waals surface area contributed by atoms with Gasteiger partial charge in [0.25, 0.3) is 0 Å². The number of nitrogens with zero attached hydrogens (tertiary/aromatic N) is 3. The minimum atomic E-state index is -3.58. The van der Waals surface area contributed by atoms with E-state index in [1.807, 2.05) is 43.3 Å². The highest BCUT2D eigenvalue weighted by atomic mass is 32.2. The molecule has 1 N–H and O–H groups in total. The van der Waals surface area contributed by atoms with Gasteiger partial charge in [-0.1, -0.05) is 53.2 Å². The first-order valence-corrected chi connectivity index (χ1v) is 11.0. The number of anilines is 1. The van der Waals surface area contributed by atoms with E-state index in [2.05, 4.69) is 19.8 Å². The van der Waals surface area contributed by atoms with Crippen molar-refractivity contribution in [2.75, 3.05) is 4.72 Å². The molecule has 7 nitrogen and oxygen atoms in total. The Labute approximate surface area is 174 Å². The lowest BCUT2D eigenvalue weighted by Crippen LogP contribution is -2.16. The summed E-state index contributed by atoms with van der Waals surface area (Å²) in [5, 5.41) is 3.99. The third-order valence-electron chi connectivity index (χ3n) is 4.45. The first-order chi connectivity index (χ1) is 14.5. The quantitative estimate of drug-likeness (QED) is 0.486. The fourth-order valence-corrected chi connectivity index (χ4v) is 4.33. The van der Waals surface area contributed by atoms with Crippen molar-refractivity contribution < 1.29 is 12.9 Å². The molecule has 0 saturated carbocycles. The number of pyridine rings is 1. The molecule has 2 aromatic heterocycles. The molecule has 0 bridgehead atoms. The summed E-state index contributed by atoms with van der Waals surface area (Å²) >= 11 is 0. The van der Waals surface area contributed by atoms with Gasteiger partial charge in [0, 0.05) is 18.0 Å². The molecule has 0 fully saturated rings. The van der Waals surface area contributed by atoms with Crippen molar-refractivity contribution in [2.24, 2.45) is 0 Å². The first-order valence-electron chi connectivity index (χ1n) is 9.35. The molecule has 0 unspecified atom stereocenters. The Hall–Kier alpha value is -3.52. The van der Waals surface area contributed by atoms with Gasteiger partial charge in [-0.2, -0.15) is 4.98 Å². The number of hydrogen-bond acceptors (Lipinski definition) is 6. The number of aryl methyl sites for hydroxylation is 1. The van der Waals surface area contributed by atoms with E-state index in [-0.39, 0.29) is 5.75 Å². The summed E-state index contributed by atoms with van der Waals surface area (Å²) in [5.41, 5.74) is 3.74. The normalized spacial score (nSPS) is 11.4. The largest absolute Gasteiger partial charge is 0.339 e. The number of hydrogen-bond donors (Lipinski definition) is 1. The Morgan fingerprint density at radius 1 is 1.03 bits per heavy atom. The van der Waals surface area contributed by atoms with Gasteiger partial charge in [0.1, 0.15) is 0 Å². The van der Waals surface area contributed by atoms with Crippen molar-refractivity contribution in [3.63, 3.8) is 0 Å². The van der Waals surface area contributed by atoms with E-state index in [1.54, 1.807) is 36.7 Å². The van der Waals surface area contributed by atoms with Crippen LogP contribution in [0.1, 0.15) is 22.6 Å². The molecule has 152 valence electrons. The average molecular weight is 420 g/mol. The zero-order valence-corrected chi connectivity index (χ0v) is 17.1. The van der Waals surface area contributed by atoms with Crippen LogP contribution in [0.3, 0.4) is 0 Å². The van der Waals surface area contributed by atoms with Crippen molar-refractivity contribution in [3.8, 4) is 11.4 Å². The topological polar surface area (TPSA) is 98.0 Å². The second-order valence-electron chi connectivity index (χ2n) is 6.94. The van der Waals surface area contributed by atoms with Crippen LogP contribution in [0.15, 0.2) is 77.6 Å². The Bertz CT molecular complexity index is 1250. The maximum absolute atomic E-state index is 12.7. The van der Waals surface area contributed by atoms with Crippen LogP contribution < -0.4 is 4.72 Å². The second-order valence-corrected chi connectivity index (χ2v) is 8.66. The number of sulfonamides is 1. The number of para-hydroxylation sites is 1. The Morgan fingerprint density at radius 3 is 2.70 bits per heavy atom. The molecule has 0 radical (unpaired) electrons. The number of rotatable bonds is 7. The molecular formula is C22H20N4O3S. The fourth-order valence-electron chi connectivity index (χ4n) is 3.10. The van der Waals surface area contributed by atoms with Crippen molar-refractivity contribution in [2.45, 2.75) is 19.1 Å². The molecule has 4 aromatic rings. The predicted octanol–water partition coefficient (Wildman–Crippen LogP) is 3.97. The van der Waals surface area contributed by atoms with Crippen molar-refractivity contribution in [1.82, 2.24) is 15.1 Å². The van der Waals surface area contributed by atoms with Crippen LogP contribution in [0.5, 0.6) is 0 Å². The number of nitrogens with one attached hydrogen (secondary N) is 1. The van der Waals surface area contributed by atoms with E-state index in [9.17, 15) is 8.42 Å². The van der Waals surface area contributed by atoms with Crippen LogP contribution in [0.2, 0.25) is 0 Å². The summed E-state index contributed by atoms with van der Waals surface area (Å²) in [6, 6.07) is 18.3. The van der Waals surface area contributed by atoms with E-state index < -0.39 is 10.0 Å². The van der Waals surface area contributed by atoms with E-state index in [1.165, 1.54) is 0 Å². The van der Waals surface area contributed by atoms with Gasteiger partial charge in [-0.3, -0.25) is 9.71 Å². The molecule has 0 amide bonds. The van der Waals surface area contributed by atoms with Gasteiger partial charge in [-0.05, 0) is 36.2 Å². The van der Waals surface area contributed by atoms with E-state index in [0.717, 1.165) is 22.3 Å². The van der Waals surface area contributed by atoms with Crippen molar-refractivity contribution >= 4 is 15.7 Å². The zero-order chi connectivity index (χ0) is 21.0. The Balaban J connectivity index is 1.52. The summed E-state index contributed by atoms with van der Waals surface area (Å²) < 4.78 is 33.4. The number of benzene rings is 2. The summed E-state index contributed by atoms with van der Waals surface area (Å²) in [7, 11) is -3.58. The Kier molecular flexibility index (Phi) is 5.58. The van der Waals surface area contributed by atoms with E-state index in [0.29, 0.717) is 23.8 Å². The molecule has 0 atom stereocenters. The lowest BCUT2D eigenvalue weighted by Gasteiger charge is -2.12. The van der Waals surface area contributed by atoms with Crippen LogP contribution in [0.25, 0.3) is 11.4 Å². The zero-order valence-electron chi connectivity index (χ0n) is 16.3. The van der Waals surface area contributed by atoms with Gasteiger partial charge in [-0.15, -0.1) is 0 Å². The minimum absolute atomic E-state index is 0.102. The molecule has 0 spiro atoms. The smallest absolute Gasteiger partial charge is 0.236 e. The summed E-state index contributed by atoms with van der Waals surface area (Å²) in [6.45, 7) is 1.93. The van der Waals surface area contributed by atoms with Gasteiger partial charge in [-0.25, -0.2) is 8.42 Å². The standard InChI is InChI=1S/C22H20N4O3S/c1-16-6-4-7-17(12-16)15-30(27,28)26-20-10-3-2-8-18(20)13-21-24-22(25-29-21)19-9-5-11-23-14-19/h2-12,14,26H,13,15H2,1H3. The van der Waals surface area contributed by atoms with Crippen molar-refractivity contribution in [1.29, 1.82) is 0 Å². The highest BCUT2D eigenvalue weighted by molar-refractivity contribution is 7.91. The van der Waals surface area contributed by atoms with Crippen LogP contribution in [0, 0.1) is 6.92 Å². The molecule has 0 saturated heterocycles. The highest BCUT2D eigenvalue weighted by Crippen LogP contribution is 2.22. The van der Waals surface area contributed by atoms with E-state index in [4.69, 9.17) is 4.52 Å². The molecule has 2 heterocycles. The molecule has 0 aliphatic carbocycles. The maximum Gasteiger partial charge on any atom is 0.236 e. The monoisotopic (exact) mass is 420 g/mol. The average Bonchev–Trinajstić information content (AvgIpc) is 3.18. The van der Waals surface area contributed by atoms with Crippen LogP contribution in [-0.4, -0.2) is 23.5 Å². The van der Waals surface area contributed by atoms with Gasteiger partial charge in [0.15, 0.2) is 0 Å². The second kappa shape index (κ2) is 8.46. The lowest BCUT2D eigenvalue weighted by atomic mass is 10.1. The third kappa shape index (κ3) is 4.90. The van der Waals surface area contributed by atoms with Crippen LogP contribution in [0.4, 0.5) is 5.69 Å². The highest BCUT2D eigenvalue weighted by Gasteiger charge is 2.16. The van der Waals surface area contributed by atoms with Crippen LogP contribution >= 0.6 is 0 Å². The summed E-state index contributed by atoms with van der Waals surface area (Å²) in [6.07, 6.45) is 3.63. The van der Waals surface area contributed by atoms with E-state index >= 15 is 0 Å². The van der Waals surface area contributed by atoms with Gasteiger partial charge in [0.05, 0.1) is 17.9 Å². The SMILES string of the molecule is Cc1cccc(CS(=O)(=O)Nc2ccccc2Cc2nc(-c3cccnc3)no2)c1. The molecule has 8 heteroatoms. The lowest BCUT2D eigenvalue weighted by molar-refractivity contribution is 0.386. The van der Waals surface area contributed by atoms with Crippen molar-refractivity contribution in [3.05, 3.63) is 95.6 Å². The minimum Gasteiger partial charge on any atom is -0.339 e. The van der Waals surface area contributed by atoms with Gasteiger partial charge < -0.3 is 4.52 Å². The summed E-state index contributed by atoms with van der Waals surface area (Å²) in [4.78, 5) is 8.45. The summed E-state index contributed by atoms with van der Waals surface area (Å²) in [5.74, 6) is 0.726. The molecule has 0 aliphatic rings. The Morgan fingerprint density at radius 2 is 1.90 bits per heavy atom. The third-order valence-corrected chi connectivity index (χ3v) is 5.70. The molecule has 30 heavy (non-hydrogen) atoms. The molecular weight excluding hydrogens is 400 g/mol. The first kappa shape index (κ1) is 19.8. The van der Waals surface area contributed by atoms with Crippen LogP contribution in [-0.2, 0) is 22.2 Å². The molecule has 4 rings (SSSR count). The maximum atomic E-state index is 12.7. The molecule has 0 aliphatic heterocycles. The van der Waals surface area contributed by atoms with Gasteiger partial charge >= 0.3 is 0 Å².